The molecule has 2 aromatic heterocycles. The number of pyridine rings is 2. The molecule has 4 rings (SSSR count). The van der Waals surface area contributed by atoms with Crippen LogP contribution in [0, 0.1) is 0 Å². The first-order chi connectivity index (χ1) is 15.1. The molecular weight excluding hydrogens is 410 g/mol. The monoisotopic (exact) mass is 437 g/mol. The van der Waals surface area contributed by atoms with Gasteiger partial charge < -0.3 is 21.1 Å². The van der Waals surface area contributed by atoms with Gasteiger partial charge in [-0.3, -0.25) is 0 Å². The molecule has 31 heavy (non-hydrogen) atoms. The Bertz CT molecular complexity index is 1020. The number of aromatic nitrogens is 2. The van der Waals surface area contributed by atoms with Gasteiger partial charge in [0.25, 0.3) is 0 Å². The molecule has 1 fully saturated rings. The fourth-order valence-electron chi connectivity index (χ4n) is 3.88. The SMILES string of the molecule is COc1cccc(CNc2cc(-c3cc(NC4CCC(N)CC4)ncc3Cl)ccn2)c1. The number of anilines is 2. The molecule has 0 amide bonds. The van der Waals surface area contributed by atoms with E-state index in [1.165, 1.54) is 0 Å². The highest BCUT2D eigenvalue weighted by Gasteiger charge is 2.19. The van der Waals surface area contributed by atoms with Gasteiger partial charge in [0.05, 0.1) is 12.1 Å². The maximum Gasteiger partial charge on any atom is 0.126 e. The molecule has 0 bridgehead atoms. The van der Waals surface area contributed by atoms with Crippen molar-refractivity contribution < 1.29 is 4.74 Å². The third kappa shape index (κ3) is 5.66. The molecule has 1 aliphatic rings. The Morgan fingerprint density at radius 3 is 2.71 bits per heavy atom. The number of nitrogens with one attached hydrogen (secondary N) is 2. The third-order valence-corrected chi connectivity index (χ3v) is 5.96. The van der Waals surface area contributed by atoms with E-state index in [1.54, 1.807) is 19.5 Å². The highest BCUT2D eigenvalue weighted by atomic mass is 35.5. The molecule has 7 heteroatoms. The molecule has 0 atom stereocenters. The van der Waals surface area contributed by atoms with Gasteiger partial charge in [-0.15, -0.1) is 0 Å². The third-order valence-electron chi connectivity index (χ3n) is 5.66. The number of benzene rings is 1. The zero-order valence-corrected chi connectivity index (χ0v) is 18.4. The van der Waals surface area contributed by atoms with Gasteiger partial charge in [0.2, 0.25) is 0 Å². The molecule has 0 unspecified atom stereocenters. The van der Waals surface area contributed by atoms with Gasteiger partial charge >= 0.3 is 0 Å². The highest BCUT2D eigenvalue weighted by Crippen LogP contribution is 2.31. The minimum absolute atomic E-state index is 0.325. The summed E-state index contributed by atoms with van der Waals surface area (Å²) in [5.74, 6) is 2.45. The maximum absolute atomic E-state index is 6.49. The first kappa shape index (κ1) is 21.4. The van der Waals surface area contributed by atoms with Crippen molar-refractivity contribution in [3.8, 4) is 16.9 Å². The number of nitrogens with zero attached hydrogens (tertiary/aromatic N) is 2. The van der Waals surface area contributed by atoms with E-state index in [9.17, 15) is 0 Å². The van der Waals surface area contributed by atoms with Crippen molar-refractivity contribution in [1.29, 1.82) is 0 Å². The van der Waals surface area contributed by atoms with Crippen LogP contribution in [0.15, 0.2) is 54.9 Å². The van der Waals surface area contributed by atoms with Gasteiger partial charge in [0, 0.05) is 36.6 Å². The second-order valence-corrected chi connectivity index (χ2v) is 8.35. The molecule has 3 aromatic rings. The van der Waals surface area contributed by atoms with Crippen LogP contribution in [-0.2, 0) is 6.54 Å². The summed E-state index contributed by atoms with van der Waals surface area (Å²) in [5.41, 5.74) is 9.06. The number of hydrogen-bond donors (Lipinski definition) is 3. The van der Waals surface area contributed by atoms with E-state index < -0.39 is 0 Å². The zero-order valence-electron chi connectivity index (χ0n) is 17.6. The molecule has 2 heterocycles. The van der Waals surface area contributed by atoms with Crippen LogP contribution in [-0.4, -0.2) is 29.2 Å². The van der Waals surface area contributed by atoms with E-state index in [2.05, 4.69) is 26.7 Å². The van der Waals surface area contributed by atoms with Gasteiger partial charge in [-0.1, -0.05) is 23.7 Å². The minimum atomic E-state index is 0.325. The van der Waals surface area contributed by atoms with E-state index in [4.69, 9.17) is 22.1 Å². The van der Waals surface area contributed by atoms with E-state index in [0.29, 0.717) is 23.7 Å². The molecule has 0 spiro atoms. The predicted octanol–water partition coefficient (Wildman–Crippen LogP) is 5.10. The number of halogens is 1. The first-order valence-electron chi connectivity index (χ1n) is 10.6. The second-order valence-electron chi connectivity index (χ2n) is 7.94. The van der Waals surface area contributed by atoms with Crippen molar-refractivity contribution in [3.63, 3.8) is 0 Å². The summed E-state index contributed by atoms with van der Waals surface area (Å²) in [5, 5.41) is 7.53. The van der Waals surface area contributed by atoms with Crippen LogP contribution in [0.25, 0.3) is 11.1 Å². The lowest BCUT2D eigenvalue weighted by Gasteiger charge is -2.27. The molecule has 1 aliphatic carbocycles. The molecule has 1 saturated carbocycles. The molecule has 0 saturated heterocycles. The number of nitrogens with two attached hydrogens (primary N) is 1. The van der Waals surface area contributed by atoms with Crippen molar-refractivity contribution in [2.75, 3.05) is 17.7 Å². The quantitative estimate of drug-likeness (QED) is 0.476. The average Bonchev–Trinajstić information content (AvgIpc) is 2.81. The van der Waals surface area contributed by atoms with Crippen LogP contribution in [0.4, 0.5) is 11.6 Å². The van der Waals surface area contributed by atoms with Crippen LogP contribution >= 0.6 is 11.6 Å². The summed E-state index contributed by atoms with van der Waals surface area (Å²) >= 11 is 6.49. The Labute approximate surface area is 188 Å². The Hall–Kier alpha value is -2.83. The Kier molecular flexibility index (Phi) is 6.89. The highest BCUT2D eigenvalue weighted by molar-refractivity contribution is 6.33. The number of rotatable bonds is 7. The molecule has 1 aromatic carbocycles. The predicted molar refractivity (Wildman–Crippen MR) is 127 cm³/mol. The van der Waals surface area contributed by atoms with Crippen molar-refractivity contribution >= 4 is 23.2 Å². The lowest BCUT2D eigenvalue weighted by Crippen LogP contribution is -2.33. The minimum Gasteiger partial charge on any atom is -0.497 e. The molecular formula is C24H28ClN5O. The average molecular weight is 438 g/mol. The van der Waals surface area contributed by atoms with Crippen molar-refractivity contribution in [3.05, 3.63) is 65.4 Å². The van der Waals surface area contributed by atoms with Crippen LogP contribution in [0.2, 0.25) is 5.02 Å². The normalized spacial score (nSPS) is 18.4. The van der Waals surface area contributed by atoms with Gasteiger partial charge in [-0.2, -0.15) is 0 Å². The molecule has 6 nitrogen and oxygen atoms in total. The van der Waals surface area contributed by atoms with Gasteiger partial charge in [0.1, 0.15) is 17.4 Å². The number of ether oxygens (including phenoxy) is 1. The van der Waals surface area contributed by atoms with Crippen LogP contribution in [0.5, 0.6) is 5.75 Å². The Balaban J connectivity index is 1.47. The fraction of sp³-hybridized carbons (Fsp3) is 0.333. The fourth-order valence-corrected chi connectivity index (χ4v) is 4.09. The summed E-state index contributed by atoms with van der Waals surface area (Å²) in [7, 11) is 1.67. The lowest BCUT2D eigenvalue weighted by molar-refractivity contribution is 0.410. The lowest BCUT2D eigenvalue weighted by atomic mass is 9.92. The van der Waals surface area contributed by atoms with Crippen LogP contribution in [0.3, 0.4) is 0 Å². The van der Waals surface area contributed by atoms with Gasteiger partial charge in [0.15, 0.2) is 0 Å². The van der Waals surface area contributed by atoms with E-state index >= 15 is 0 Å². The summed E-state index contributed by atoms with van der Waals surface area (Å²) in [6, 6.07) is 14.7. The summed E-state index contributed by atoms with van der Waals surface area (Å²) in [6.45, 7) is 0.647. The van der Waals surface area contributed by atoms with Crippen molar-refractivity contribution in [2.45, 2.75) is 44.3 Å². The smallest absolute Gasteiger partial charge is 0.126 e. The van der Waals surface area contributed by atoms with Crippen LogP contribution in [0.1, 0.15) is 31.2 Å². The molecule has 0 aliphatic heterocycles. The standard InChI is InChI=1S/C24H28ClN5O/c1-31-20-4-2-3-16(11-20)14-28-23-12-17(9-10-27-23)21-13-24(29-15-22(21)25)30-19-7-5-18(26)6-8-19/h2-4,9-13,15,18-19H,5-8,14,26H2,1H3,(H,27,28)(H,29,30). The largest absolute Gasteiger partial charge is 0.497 e. The first-order valence-corrected chi connectivity index (χ1v) is 11.0. The topological polar surface area (TPSA) is 85.1 Å². The maximum atomic E-state index is 6.49. The summed E-state index contributed by atoms with van der Waals surface area (Å²) in [4.78, 5) is 8.92. The molecule has 162 valence electrons. The summed E-state index contributed by atoms with van der Waals surface area (Å²) in [6.07, 6.45) is 7.71. The van der Waals surface area contributed by atoms with Crippen LogP contribution < -0.4 is 21.1 Å². The van der Waals surface area contributed by atoms with Crippen molar-refractivity contribution in [2.24, 2.45) is 5.73 Å². The van der Waals surface area contributed by atoms with Gasteiger partial charge in [-0.25, -0.2) is 9.97 Å². The van der Waals surface area contributed by atoms with Gasteiger partial charge in [-0.05, 0) is 67.1 Å². The Morgan fingerprint density at radius 2 is 1.90 bits per heavy atom. The number of hydrogen-bond acceptors (Lipinski definition) is 6. The second kappa shape index (κ2) is 9.98. The molecule has 4 N–H and O–H groups in total. The summed E-state index contributed by atoms with van der Waals surface area (Å²) < 4.78 is 5.29. The molecule has 0 radical (unpaired) electrons. The number of methoxy groups -OCH3 is 1. The van der Waals surface area contributed by atoms with E-state index in [0.717, 1.165) is 59.8 Å². The van der Waals surface area contributed by atoms with Crippen molar-refractivity contribution in [1.82, 2.24) is 9.97 Å². The van der Waals surface area contributed by atoms with E-state index in [1.807, 2.05) is 36.4 Å². The van der Waals surface area contributed by atoms with E-state index in [-0.39, 0.29) is 0 Å². The Morgan fingerprint density at radius 1 is 1.06 bits per heavy atom. The zero-order chi connectivity index (χ0) is 21.6.